The van der Waals surface area contributed by atoms with Gasteiger partial charge in [-0.3, -0.25) is 4.79 Å². The maximum Gasteiger partial charge on any atom is 0.255 e. The van der Waals surface area contributed by atoms with E-state index >= 15 is 0 Å². The summed E-state index contributed by atoms with van der Waals surface area (Å²) in [6.07, 6.45) is 5.80. The van der Waals surface area contributed by atoms with E-state index in [1.807, 2.05) is 16.8 Å². The number of carbonyl (C=O) groups excluding carboxylic acids is 1. The Balaban J connectivity index is 1.96. The van der Waals surface area contributed by atoms with Crippen LogP contribution < -0.4 is 5.32 Å². The lowest BCUT2D eigenvalue weighted by Gasteiger charge is -2.13. The van der Waals surface area contributed by atoms with Gasteiger partial charge in [0.05, 0.1) is 28.7 Å². The fourth-order valence-corrected chi connectivity index (χ4v) is 3.75. The van der Waals surface area contributed by atoms with Gasteiger partial charge < -0.3 is 10.1 Å². The highest BCUT2D eigenvalue weighted by molar-refractivity contribution is 5.96. The van der Waals surface area contributed by atoms with E-state index in [1.165, 1.54) is 0 Å². The van der Waals surface area contributed by atoms with E-state index in [-0.39, 0.29) is 12.0 Å². The lowest BCUT2D eigenvalue weighted by molar-refractivity contribution is 0.0856. The number of ether oxygens (including phenoxy) is 1. The number of benzene rings is 1. The highest BCUT2D eigenvalue weighted by Gasteiger charge is 2.25. The Bertz CT molecular complexity index is 776. The monoisotopic (exact) mass is 369 g/mol. The molecular weight excluding hydrogens is 338 g/mol. The van der Waals surface area contributed by atoms with Crippen LogP contribution in [0.2, 0.25) is 0 Å². The van der Waals surface area contributed by atoms with E-state index in [0.717, 1.165) is 73.3 Å². The first-order chi connectivity index (χ1) is 13.2. The van der Waals surface area contributed by atoms with Crippen molar-refractivity contribution >= 4 is 5.91 Å². The van der Waals surface area contributed by atoms with Gasteiger partial charge in [0.1, 0.15) is 0 Å². The van der Waals surface area contributed by atoms with Crippen LogP contribution in [0, 0.1) is 6.92 Å². The Labute approximate surface area is 162 Å². The van der Waals surface area contributed by atoms with Crippen LogP contribution in [0.5, 0.6) is 0 Å². The predicted molar refractivity (Wildman–Crippen MR) is 108 cm³/mol. The molecule has 1 fully saturated rings. The lowest BCUT2D eigenvalue weighted by atomic mass is 10.0. The topological polar surface area (TPSA) is 56.2 Å². The number of amides is 1. The molecule has 0 unspecified atom stereocenters. The van der Waals surface area contributed by atoms with E-state index in [2.05, 4.69) is 38.2 Å². The van der Waals surface area contributed by atoms with Crippen LogP contribution in [0.15, 0.2) is 24.3 Å². The maximum absolute atomic E-state index is 13.1. The molecule has 0 bridgehead atoms. The Kier molecular flexibility index (Phi) is 6.67. The van der Waals surface area contributed by atoms with Gasteiger partial charge in [0.2, 0.25) is 0 Å². The number of aryl methyl sites for hydroxylation is 2. The summed E-state index contributed by atoms with van der Waals surface area (Å²) in [5.74, 6) is -0.0164. The number of rotatable bonds is 8. The van der Waals surface area contributed by atoms with Gasteiger partial charge in [-0.05, 0) is 44.2 Å². The van der Waals surface area contributed by atoms with Gasteiger partial charge in [0, 0.05) is 13.2 Å². The molecule has 146 valence electrons. The minimum Gasteiger partial charge on any atom is -0.376 e. The number of para-hydroxylation sites is 1. The summed E-state index contributed by atoms with van der Waals surface area (Å²) in [6, 6.07) is 8.22. The molecule has 1 aliphatic heterocycles. The van der Waals surface area contributed by atoms with Crippen molar-refractivity contribution in [1.82, 2.24) is 15.1 Å². The molecule has 5 nitrogen and oxygen atoms in total. The van der Waals surface area contributed by atoms with Crippen molar-refractivity contribution in [3.63, 3.8) is 0 Å². The lowest BCUT2D eigenvalue weighted by Crippen LogP contribution is -2.32. The smallest absolute Gasteiger partial charge is 0.255 e. The minimum atomic E-state index is -0.0164. The number of aromatic nitrogens is 2. The summed E-state index contributed by atoms with van der Waals surface area (Å²) in [4.78, 5) is 13.1. The Morgan fingerprint density at radius 1 is 1.26 bits per heavy atom. The first kappa shape index (κ1) is 19.6. The maximum atomic E-state index is 13.1. The van der Waals surface area contributed by atoms with Crippen LogP contribution in [-0.2, 0) is 17.6 Å². The number of nitrogens with one attached hydrogen (secondary N) is 1. The number of hydrogen-bond acceptors (Lipinski definition) is 3. The predicted octanol–water partition coefficient (Wildman–Crippen LogP) is 3.99. The summed E-state index contributed by atoms with van der Waals surface area (Å²) < 4.78 is 7.64. The molecule has 1 amide bonds. The average molecular weight is 370 g/mol. The van der Waals surface area contributed by atoms with Crippen molar-refractivity contribution in [2.75, 3.05) is 13.2 Å². The van der Waals surface area contributed by atoms with Crippen molar-refractivity contribution in [2.24, 2.45) is 0 Å². The van der Waals surface area contributed by atoms with Crippen molar-refractivity contribution in [3.05, 3.63) is 46.8 Å². The summed E-state index contributed by atoms with van der Waals surface area (Å²) in [5.41, 5.74) is 4.89. The summed E-state index contributed by atoms with van der Waals surface area (Å²) in [7, 11) is 0. The van der Waals surface area contributed by atoms with Gasteiger partial charge in [0.25, 0.3) is 5.91 Å². The van der Waals surface area contributed by atoms with Gasteiger partial charge in [-0.1, -0.05) is 44.9 Å². The zero-order chi connectivity index (χ0) is 19.2. The standard InChI is InChI=1S/C22H31N3O2/c1-4-9-18-21(22(26)23-15-17-12-8-14-27-17)20(10-5-2)25(24-18)19-13-7-6-11-16(19)3/h6-7,11,13,17H,4-5,8-10,12,14-15H2,1-3H3,(H,23,26)/t17-/m0/s1. The third kappa shape index (κ3) is 4.41. The van der Waals surface area contributed by atoms with Gasteiger partial charge >= 0.3 is 0 Å². The molecule has 2 aromatic rings. The first-order valence-corrected chi connectivity index (χ1v) is 10.2. The SMILES string of the molecule is CCCc1nn(-c2ccccc2C)c(CCC)c1C(=O)NC[C@@H]1CCCO1. The molecular formula is C22H31N3O2. The molecule has 1 aromatic heterocycles. The fourth-order valence-electron chi connectivity index (χ4n) is 3.75. The zero-order valence-corrected chi connectivity index (χ0v) is 16.8. The highest BCUT2D eigenvalue weighted by Crippen LogP contribution is 2.24. The molecule has 27 heavy (non-hydrogen) atoms. The van der Waals surface area contributed by atoms with Crippen LogP contribution in [0.25, 0.3) is 5.69 Å². The van der Waals surface area contributed by atoms with E-state index in [1.54, 1.807) is 0 Å². The minimum absolute atomic E-state index is 0.0164. The van der Waals surface area contributed by atoms with E-state index < -0.39 is 0 Å². The van der Waals surface area contributed by atoms with E-state index in [9.17, 15) is 4.79 Å². The van der Waals surface area contributed by atoms with Crippen molar-refractivity contribution in [1.29, 1.82) is 0 Å². The third-order valence-electron chi connectivity index (χ3n) is 5.11. The number of nitrogens with zero attached hydrogens (tertiary/aromatic N) is 2. The van der Waals surface area contributed by atoms with Crippen LogP contribution in [0.1, 0.15) is 66.8 Å². The fraction of sp³-hybridized carbons (Fsp3) is 0.545. The van der Waals surface area contributed by atoms with Gasteiger partial charge in [-0.2, -0.15) is 5.10 Å². The Morgan fingerprint density at radius 2 is 2.04 bits per heavy atom. The molecule has 5 heteroatoms. The molecule has 0 aliphatic carbocycles. The number of hydrogen-bond donors (Lipinski definition) is 1. The molecule has 1 atom stereocenters. The Hall–Kier alpha value is -2.14. The van der Waals surface area contributed by atoms with Crippen molar-refractivity contribution in [3.8, 4) is 5.69 Å². The summed E-state index contributed by atoms with van der Waals surface area (Å²) in [6.45, 7) is 7.73. The van der Waals surface area contributed by atoms with E-state index in [0.29, 0.717) is 6.54 Å². The normalized spacial score (nSPS) is 16.6. The zero-order valence-electron chi connectivity index (χ0n) is 16.8. The average Bonchev–Trinajstić information content (AvgIpc) is 3.29. The van der Waals surface area contributed by atoms with Crippen LogP contribution in [0.4, 0.5) is 0 Å². The Morgan fingerprint density at radius 3 is 2.70 bits per heavy atom. The van der Waals surface area contributed by atoms with Crippen molar-refractivity contribution in [2.45, 2.75) is 65.4 Å². The number of carbonyl (C=O) groups is 1. The van der Waals surface area contributed by atoms with E-state index in [4.69, 9.17) is 9.84 Å². The van der Waals surface area contributed by atoms with Gasteiger partial charge in [-0.25, -0.2) is 4.68 Å². The van der Waals surface area contributed by atoms with Gasteiger partial charge in [0.15, 0.2) is 0 Å². The molecule has 1 N–H and O–H groups in total. The molecule has 0 saturated carbocycles. The highest BCUT2D eigenvalue weighted by atomic mass is 16.5. The quantitative estimate of drug-likeness (QED) is 0.765. The molecule has 1 aliphatic rings. The largest absolute Gasteiger partial charge is 0.376 e. The summed E-state index contributed by atoms with van der Waals surface area (Å²) in [5, 5.41) is 7.98. The second-order valence-corrected chi connectivity index (χ2v) is 7.31. The third-order valence-corrected chi connectivity index (χ3v) is 5.11. The van der Waals surface area contributed by atoms with Gasteiger partial charge in [-0.15, -0.1) is 0 Å². The molecule has 1 saturated heterocycles. The van der Waals surface area contributed by atoms with Crippen molar-refractivity contribution < 1.29 is 9.53 Å². The second kappa shape index (κ2) is 9.18. The van der Waals surface area contributed by atoms with Crippen LogP contribution >= 0.6 is 0 Å². The van der Waals surface area contributed by atoms with Crippen LogP contribution in [-0.4, -0.2) is 34.9 Å². The molecule has 2 heterocycles. The molecule has 0 radical (unpaired) electrons. The molecule has 1 aromatic carbocycles. The molecule has 0 spiro atoms. The first-order valence-electron chi connectivity index (χ1n) is 10.2. The van der Waals surface area contributed by atoms with Crippen LogP contribution in [0.3, 0.4) is 0 Å². The second-order valence-electron chi connectivity index (χ2n) is 7.31. The summed E-state index contributed by atoms with van der Waals surface area (Å²) >= 11 is 0. The molecule has 3 rings (SSSR count).